The van der Waals surface area contributed by atoms with Crippen molar-refractivity contribution in [3.63, 3.8) is 0 Å². The van der Waals surface area contributed by atoms with Gasteiger partial charge >= 0.3 is 0 Å². The second kappa shape index (κ2) is 5.89. The van der Waals surface area contributed by atoms with Gasteiger partial charge in [-0.25, -0.2) is 0 Å². The van der Waals surface area contributed by atoms with Crippen molar-refractivity contribution in [3.8, 4) is 5.75 Å². The molecule has 98 valence electrons. The van der Waals surface area contributed by atoms with Crippen LogP contribution in [0.5, 0.6) is 5.75 Å². The van der Waals surface area contributed by atoms with Crippen LogP contribution < -0.4 is 5.43 Å². The van der Waals surface area contributed by atoms with Crippen LogP contribution in [0, 0.1) is 13.8 Å². The van der Waals surface area contributed by atoms with E-state index in [2.05, 4.69) is 26.5 Å². The van der Waals surface area contributed by atoms with Crippen LogP contribution in [-0.2, 0) is 0 Å². The third-order valence-corrected chi connectivity index (χ3v) is 3.29. The van der Waals surface area contributed by atoms with E-state index in [0.717, 1.165) is 21.3 Å². The van der Waals surface area contributed by atoms with Crippen LogP contribution in [0.15, 0.2) is 46.0 Å². The van der Waals surface area contributed by atoms with Crippen molar-refractivity contribution in [1.29, 1.82) is 0 Å². The van der Waals surface area contributed by atoms with Crippen LogP contribution in [0.1, 0.15) is 16.7 Å². The minimum Gasteiger partial charge on any atom is -0.507 e. The third-order valence-electron chi connectivity index (χ3n) is 2.83. The zero-order chi connectivity index (χ0) is 13.8. The lowest BCUT2D eigenvalue weighted by Gasteiger charge is -2.05. The maximum Gasteiger partial charge on any atom is 0.127 e. The van der Waals surface area contributed by atoms with Crippen LogP contribution in [0.3, 0.4) is 0 Å². The van der Waals surface area contributed by atoms with E-state index in [9.17, 15) is 5.11 Å². The summed E-state index contributed by atoms with van der Waals surface area (Å²) in [4.78, 5) is 0. The first-order valence-electron chi connectivity index (χ1n) is 5.92. The molecule has 0 saturated carbocycles. The summed E-state index contributed by atoms with van der Waals surface area (Å²) in [5.41, 5.74) is 6.53. The largest absolute Gasteiger partial charge is 0.507 e. The number of phenols is 1. The molecule has 0 spiro atoms. The Morgan fingerprint density at radius 1 is 1.16 bits per heavy atom. The SMILES string of the molecule is Cc1ccccc1N/N=C/c1cc(Br)cc(C)c1O. The monoisotopic (exact) mass is 318 g/mol. The first-order valence-corrected chi connectivity index (χ1v) is 6.71. The molecular formula is C15H15BrN2O. The molecule has 0 radical (unpaired) electrons. The molecule has 3 nitrogen and oxygen atoms in total. The summed E-state index contributed by atoms with van der Waals surface area (Å²) >= 11 is 3.40. The van der Waals surface area contributed by atoms with E-state index in [1.807, 2.05) is 50.2 Å². The lowest BCUT2D eigenvalue weighted by Crippen LogP contribution is -1.93. The Morgan fingerprint density at radius 3 is 2.63 bits per heavy atom. The molecule has 0 aliphatic rings. The fourth-order valence-corrected chi connectivity index (χ4v) is 2.32. The topological polar surface area (TPSA) is 44.6 Å². The van der Waals surface area contributed by atoms with Gasteiger partial charge in [0.1, 0.15) is 5.75 Å². The minimum atomic E-state index is 0.249. The lowest BCUT2D eigenvalue weighted by atomic mass is 10.1. The lowest BCUT2D eigenvalue weighted by molar-refractivity contribution is 0.470. The van der Waals surface area contributed by atoms with Crippen molar-refractivity contribution >= 4 is 27.8 Å². The highest BCUT2D eigenvalue weighted by atomic mass is 79.9. The molecule has 0 aliphatic carbocycles. The molecule has 0 amide bonds. The molecule has 0 atom stereocenters. The first kappa shape index (κ1) is 13.6. The molecule has 0 bridgehead atoms. The Bertz CT molecular complexity index is 624. The van der Waals surface area contributed by atoms with Crippen LogP contribution in [0.4, 0.5) is 5.69 Å². The van der Waals surface area contributed by atoms with E-state index in [0.29, 0.717) is 5.56 Å². The van der Waals surface area contributed by atoms with Crippen molar-refractivity contribution < 1.29 is 5.11 Å². The summed E-state index contributed by atoms with van der Waals surface area (Å²) in [6.45, 7) is 3.87. The Labute approximate surface area is 121 Å². The summed E-state index contributed by atoms with van der Waals surface area (Å²) in [5, 5.41) is 14.1. The van der Waals surface area contributed by atoms with Crippen molar-refractivity contribution in [2.75, 3.05) is 5.43 Å². The number of aromatic hydroxyl groups is 1. The molecular weight excluding hydrogens is 304 g/mol. The van der Waals surface area contributed by atoms with E-state index in [4.69, 9.17) is 0 Å². The predicted octanol–water partition coefficient (Wildman–Crippen LogP) is 4.22. The molecule has 0 unspecified atom stereocenters. The van der Waals surface area contributed by atoms with Gasteiger partial charge in [-0.2, -0.15) is 5.10 Å². The van der Waals surface area contributed by atoms with Crippen LogP contribution in [0.2, 0.25) is 0 Å². The number of phenolic OH excluding ortho intramolecular Hbond substituents is 1. The van der Waals surface area contributed by atoms with Gasteiger partial charge in [0, 0.05) is 10.0 Å². The minimum absolute atomic E-state index is 0.249. The number of anilines is 1. The summed E-state index contributed by atoms with van der Waals surface area (Å²) in [7, 11) is 0. The number of para-hydroxylation sites is 1. The van der Waals surface area contributed by atoms with Gasteiger partial charge in [0.15, 0.2) is 0 Å². The molecule has 2 N–H and O–H groups in total. The Kier molecular flexibility index (Phi) is 4.22. The zero-order valence-corrected chi connectivity index (χ0v) is 12.4. The second-order valence-corrected chi connectivity index (χ2v) is 5.26. The number of rotatable bonds is 3. The number of hydrogen-bond donors (Lipinski definition) is 2. The maximum atomic E-state index is 9.93. The van der Waals surface area contributed by atoms with Crippen molar-refractivity contribution in [2.24, 2.45) is 5.10 Å². The van der Waals surface area contributed by atoms with Gasteiger partial charge in [-0.1, -0.05) is 34.1 Å². The van der Waals surface area contributed by atoms with Crippen LogP contribution in [0.25, 0.3) is 0 Å². The van der Waals surface area contributed by atoms with Gasteiger partial charge in [-0.3, -0.25) is 5.43 Å². The van der Waals surface area contributed by atoms with E-state index in [1.165, 1.54) is 0 Å². The molecule has 0 aliphatic heterocycles. The Hall–Kier alpha value is -1.81. The van der Waals surface area contributed by atoms with E-state index < -0.39 is 0 Å². The highest BCUT2D eigenvalue weighted by Crippen LogP contribution is 2.25. The highest BCUT2D eigenvalue weighted by Gasteiger charge is 2.03. The molecule has 19 heavy (non-hydrogen) atoms. The van der Waals surface area contributed by atoms with Crippen LogP contribution >= 0.6 is 15.9 Å². The van der Waals surface area contributed by atoms with Crippen molar-refractivity contribution in [1.82, 2.24) is 0 Å². The Balaban J connectivity index is 2.18. The third kappa shape index (κ3) is 3.35. The average Bonchev–Trinajstić information content (AvgIpc) is 2.37. The number of halogens is 1. The van der Waals surface area contributed by atoms with Crippen LogP contribution in [-0.4, -0.2) is 11.3 Å². The molecule has 0 fully saturated rings. The Morgan fingerprint density at radius 2 is 1.89 bits per heavy atom. The fraction of sp³-hybridized carbons (Fsp3) is 0.133. The quantitative estimate of drug-likeness (QED) is 0.657. The average molecular weight is 319 g/mol. The van der Waals surface area contributed by atoms with Gasteiger partial charge < -0.3 is 5.11 Å². The standard InChI is InChI=1S/C15H15BrN2O/c1-10-5-3-4-6-14(10)18-17-9-12-8-13(16)7-11(2)15(12)19/h3-9,18-19H,1-2H3/b17-9+. The van der Waals surface area contributed by atoms with Crippen molar-refractivity contribution in [3.05, 3.63) is 57.6 Å². The number of hydrogen-bond acceptors (Lipinski definition) is 3. The number of nitrogens with zero attached hydrogens (tertiary/aromatic N) is 1. The first-order chi connectivity index (χ1) is 9.08. The van der Waals surface area contributed by atoms with Gasteiger partial charge in [-0.15, -0.1) is 0 Å². The molecule has 2 rings (SSSR count). The van der Waals surface area contributed by atoms with Gasteiger partial charge in [0.2, 0.25) is 0 Å². The second-order valence-electron chi connectivity index (χ2n) is 4.35. The highest BCUT2D eigenvalue weighted by molar-refractivity contribution is 9.10. The molecule has 4 heteroatoms. The number of hydrazone groups is 1. The summed E-state index contributed by atoms with van der Waals surface area (Å²) < 4.78 is 0.917. The zero-order valence-electron chi connectivity index (χ0n) is 10.8. The molecule has 0 aromatic heterocycles. The van der Waals surface area contributed by atoms with E-state index in [-0.39, 0.29) is 5.75 Å². The van der Waals surface area contributed by atoms with Gasteiger partial charge in [0.05, 0.1) is 11.9 Å². The maximum absolute atomic E-state index is 9.93. The molecule has 2 aromatic rings. The number of nitrogens with one attached hydrogen (secondary N) is 1. The molecule has 2 aromatic carbocycles. The normalized spacial score (nSPS) is 10.9. The van der Waals surface area contributed by atoms with Gasteiger partial charge in [-0.05, 0) is 43.2 Å². The molecule has 0 saturated heterocycles. The smallest absolute Gasteiger partial charge is 0.127 e. The van der Waals surface area contributed by atoms with E-state index >= 15 is 0 Å². The molecule has 0 heterocycles. The summed E-state index contributed by atoms with van der Waals surface area (Å²) in [6.07, 6.45) is 1.61. The number of aryl methyl sites for hydroxylation is 2. The van der Waals surface area contributed by atoms with Gasteiger partial charge in [0.25, 0.3) is 0 Å². The predicted molar refractivity (Wildman–Crippen MR) is 82.9 cm³/mol. The van der Waals surface area contributed by atoms with E-state index in [1.54, 1.807) is 6.21 Å². The summed E-state index contributed by atoms with van der Waals surface area (Å²) in [6, 6.07) is 11.6. The van der Waals surface area contributed by atoms with Crippen molar-refractivity contribution in [2.45, 2.75) is 13.8 Å². The summed E-state index contributed by atoms with van der Waals surface area (Å²) in [5.74, 6) is 0.249. The number of benzene rings is 2. The fourth-order valence-electron chi connectivity index (χ4n) is 1.73.